The number of ether oxygens (including phenoxy) is 1. The number of hydrogen-bond acceptors (Lipinski definition) is 7. The lowest BCUT2D eigenvalue weighted by Crippen LogP contribution is -2.02. The predicted octanol–water partition coefficient (Wildman–Crippen LogP) is 4.90. The molecule has 0 bridgehead atoms. The van der Waals surface area contributed by atoms with E-state index in [1.54, 1.807) is 30.8 Å². The van der Waals surface area contributed by atoms with Crippen LogP contribution in [-0.4, -0.2) is 12.1 Å². The van der Waals surface area contributed by atoms with Gasteiger partial charge in [-0.05, 0) is 36.4 Å². The molecule has 29 heavy (non-hydrogen) atoms. The SMILES string of the molecule is COc1ccc(N/C=C(\C#N)c2nc(-c3cc4ccccc4oc3=O)cs2)cc1. The van der Waals surface area contributed by atoms with E-state index < -0.39 is 5.63 Å². The first kappa shape index (κ1) is 18.5. The fourth-order valence-corrected chi connectivity index (χ4v) is 3.53. The van der Waals surface area contributed by atoms with Gasteiger partial charge in [0.05, 0.1) is 18.4 Å². The molecule has 7 heteroatoms. The summed E-state index contributed by atoms with van der Waals surface area (Å²) in [6.07, 6.45) is 1.59. The second kappa shape index (κ2) is 8.00. The van der Waals surface area contributed by atoms with Crippen molar-refractivity contribution in [2.75, 3.05) is 12.4 Å². The molecular weight excluding hydrogens is 386 g/mol. The number of methoxy groups -OCH3 is 1. The quantitative estimate of drug-likeness (QED) is 0.378. The van der Waals surface area contributed by atoms with Gasteiger partial charge in [-0.1, -0.05) is 18.2 Å². The van der Waals surface area contributed by atoms with Gasteiger partial charge < -0.3 is 14.5 Å². The first-order valence-corrected chi connectivity index (χ1v) is 9.56. The standard InChI is InChI=1S/C22H15N3O3S/c1-27-17-8-6-16(7-9-17)24-12-15(11-23)21-25-19(13-29-21)18-10-14-4-2-3-5-20(14)28-22(18)26/h2-10,12-13,24H,1H3/b15-12+. The maximum Gasteiger partial charge on any atom is 0.345 e. The molecule has 0 aliphatic rings. The summed E-state index contributed by atoms with van der Waals surface area (Å²) in [6.45, 7) is 0. The van der Waals surface area contributed by atoms with Gasteiger partial charge in [-0.15, -0.1) is 11.3 Å². The third kappa shape index (κ3) is 3.88. The van der Waals surface area contributed by atoms with Crippen molar-refractivity contribution >= 4 is 33.6 Å². The van der Waals surface area contributed by atoms with E-state index in [1.807, 2.05) is 42.5 Å². The minimum absolute atomic E-state index is 0.363. The average molecular weight is 401 g/mol. The van der Waals surface area contributed by atoms with E-state index >= 15 is 0 Å². The van der Waals surface area contributed by atoms with E-state index in [-0.39, 0.29) is 0 Å². The normalized spacial score (nSPS) is 11.2. The van der Waals surface area contributed by atoms with Crippen LogP contribution in [0.2, 0.25) is 0 Å². The Morgan fingerprint density at radius 3 is 2.79 bits per heavy atom. The molecule has 6 nitrogen and oxygen atoms in total. The molecule has 2 aromatic carbocycles. The molecule has 4 aromatic rings. The van der Waals surface area contributed by atoms with Gasteiger partial charge in [0.2, 0.25) is 0 Å². The molecule has 0 fully saturated rings. The van der Waals surface area contributed by atoms with Crippen molar-refractivity contribution in [2.24, 2.45) is 0 Å². The summed E-state index contributed by atoms with van der Waals surface area (Å²) in [5, 5.41) is 15.7. The molecule has 0 saturated carbocycles. The number of nitrogens with zero attached hydrogens (tertiary/aromatic N) is 2. The summed E-state index contributed by atoms with van der Waals surface area (Å²) in [5.74, 6) is 0.749. The Labute approximate surface area is 170 Å². The number of rotatable bonds is 5. The van der Waals surface area contributed by atoms with Crippen LogP contribution in [0.25, 0.3) is 27.8 Å². The third-order valence-electron chi connectivity index (χ3n) is 4.25. The van der Waals surface area contributed by atoms with Gasteiger partial charge in [0.1, 0.15) is 28.0 Å². The van der Waals surface area contributed by atoms with Crippen LogP contribution in [0.5, 0.6) is 5.75 Å². The highest BCUT2D eigenvalue weighted by molar-refractivity contribution is 7.11. The van der Waals surface area contributed by atoms with Crippen LogP contribution in [0.4, 0.5) is 5.69 Å². The van der Waals surface area contributed by atoms with Crippen molar-refractivity contribution in [1.29, 1.82) is 5.26 Å². The van der Waals surface area contributed by atoms with Crippen LogP contribution in [0.1, 0.15) is 5.01 Å². The monoisotopic (exact) mass is 401 g/mol. The number of para-hydroxylation sites is 1. The molecule has 0 unspecified atom stereocenters. The van der Waals surface area contributed by atoms with Crippen LogP contribution >= 0.6 is 11.3 Å². The molecular formula is C22H15N3O3S. The Hall–Kier alpha value is -3.89. The van der Waals surface area contributed by atoms with Crippen molar-refractivity contribution in [3.8, 4) is 23.1 Å². The van der Waals surface area contributed by atoms with Gasteiger partial charge in [-0.3, -0.25) is 0 Å². The first-order chi connectivity index (χ1) is 14.2. The van der Waals surface area contributed by atoms with E-state index in [0.29, 0.717) is 27.4 Å². The van der Waals surface area contributed by atoms with Crippen molar-refractivity contribution in [2.45, 2.75) is 0 Å². The number of anilines is 1. The van der Waals surface area contributed by atoms with E-state index in [9.17, 15) is 10.1 Å². The summed E-state index contributed by atoms with van der Waals surface area (Å²) in [7, 11) is 1.60. The highest BCUT2D eigenvalue weighted by Crippen LogP contribution is 2.26. The number of hydrogen-bond donors (Lipinski definition) is 1. The van der Waals surface area contributed by atoms with Crippen LogP contribution in [0.3, 0.4) is 0 Å². The van der Waals surface area contributed by atoms with E-state index in [0.717, 1.165) is 16.8 Å². The van der Waals surface area contributed by atoms with Gasteiger partial charge in [-0.2, -0.15) is 5.26 Å². The van der Waals surface area contributed by atoms with E-state index in [2.05, 4.69) is 16.4 Å². The van der Waals surface area contributed by atoms with Crippen LogP contribution < -0.4 is 15.7 Å². The first-order valence-electron chi connectivity index (χ1n) is 8.68. The van der Waals surface area contributed by atoms with Gasteiger partial charge >= 0.3 is 5.63 Å². The molecule has 2 aromatic heterocycles. The Morgan fingerprint density at radius 2 is 2.03 bits per heavy atom. The minimum atomic E-state index is -0.459. The molecule has 0 amide bonds. The Morgan fingerprint density at radius 1 is 1.24 bits per heavy atom. The largest absolute Gasteiger partial charge is 0.497 e. The summed E-state index contributed by atoms with van der Waals surface area (Å²) in [4.78, 5) is 16.8. The maximum atomic E-state index is 12.3. The third-order valence-corrected chi connectivity index (χ3v) is 5.12. The zero-order valence-corrected chi connectivity index (χ0v) is 16.2. The smallest absolute Gasteiger partial charge is 0.345 e. The van der Waals surface area contributed by atoms with Crippen LogP contribution in [-0.2, 0) is 0 Å². The maximum absolute atomic E-state index is 12.3. The number of aromatic nitrogens is 1. The molecule has 142 valence electrons. The van der Waals surface area contributed by atoms with Gasteiger partial charge in [-0.25, -0.2) is 9.78 Å². The fourth-order valence-electron chi connectivity index (χ4n) is 2.75. The topological polar surface area (TPSA) is 88.2 Å². The number of allylic oxidation sites excluding steroid dienone is 1. The number of thiazole rings is 1. The lowest BCUT2D eigenvalue weighted by molar-refractivity contribution is 0.415. The van der Waals surface area contributed by atoms with Gasteiger partial charge in [0.25, 0.3) is 0 Å². The molecule has 0 aliphatic carbocycles. The molecule has 4 rings (SSSR count). The average Bonchev–Trinajstić information content (AvgIpc) is 3.24. The Balaban J connectivity index is 1.62. The van der Waals surface area contributed by atoms with Gasteiger partial charge in [0, 0.05) is 22.7 Å². The Bertz CT molecular complexity index is 1300. The van der Waals surface area contributed by atoms with Crippen molar-refractivity contribution in [3.63, 3.8) is 0 Å². The number of nitrogens with one attached hydrogen (secondary N) is 1. The van der Waals surface area contributed by atoms with Gasteiger partial charge in [0.15, 0.2) is 0 Å². The Kier molecular flexibility index (Phi) is 5.10. The second-order valence-corrected chi connectivity index (χ2v) is 6.92. The molecule has 0 radical (unpaired) electrons. The lowest BCUT2D eigenvalue weighted by Gasteiger charge is -2.03. The molecule has 0 spiro atoms. The number of fused-ring (bicyclic) bond motifs is 1. The highest BCUT2D eigenvalue weighted by atomic mass is 32.1. The van der Waals surface area contributed by atoms with E-state index in [4.69, 9.17) is 9.15 Å². The molecule has 2 heterocycles. The zero-order valence-electron chi connectivity index (χ0n) is 15.4. The summed E-state index contributed by atoms with van der Waals surface area (Å²) in [5.41, 5.74) is 2.09. The molecule has 0 atom stereocenters. The minimum Gasteiger partial charge on any atom is -0.497 e. The van der Waals surface area contributed by atoms with E-state index in [1.165, 1.54) is 11.3 Å². The molecule has 0 aliphatic heterocycles. The predicted molar refractivity (Wildman–Crippen MR) is 114 cm³/mol. The second-order valence-electron chi connectivity index (χ2n) is 6.07. The zero-order chi connectivity index (χ0) is 20.2. The molecule has 0 saturated heterocycles. The number of nitriles is 1. The summed E-state index contributed by atoms with van der Waals surface area (Å²) in [6, 6.07) is 18.5. The lowest BCUT2D eigenvalue weighted by atomic mass is 10.1. The van der Waals surface area contributed by atoms with Crippen LogP contribution in [0, 0.1) is 11.3 Å². The van der Waals surface area contributed by atoms with Crippen molar-refractivity contribution in [3.05, 3.63) is 81.6 Å². The summed E-state index contributed by atoms with van der Waals surface area (Å²) >= 11 is 1.29. The van der Waals surface area contributed by atoms with Crippen molar-refractivity contribution in [1.82, 2.24) is 4.98 Å². The highest BCUT2D eigenvalue weighted by Gasteiger charge is 2.13. The van der Waals surface area contributed by atoms with Crippen LogP contribution in [0.15, 0.2) is 75.4 Å². The summed E-state index contributed by atoms with van der Waals surface area (Å²) < 4.78 is 10.5. The fraction of sp³-hybridized carbons (Fsp3) is 0.0455. The molecule has 1 N–H and O–H groups in total. The van der Waals surface area contributed by atoms with Crippen molar-refractivity contribution < 1.29 is 9.15 Å². The number of benzene rings is 2.